The molecule has 0 aliphatic carbocycles. The van der Waals surface area contributed by atoms with Gasteiger partial charge in [-0.2, -0.15) is 5.10 Å². The lowest BCUT2D eigenvalue weighted by Crippen LogP contribution is -2.06. The van der Waals surface area contributed by atoms with Crippen LogP contribution in [0.1, 0.15) is 10.4 Å². The molecule has 2 aromatic rings. The van der Waals surface area contributed by atoms with Gasteiger partial charge >= 0.3 is 11.7 Å². The van der Waals surface area contributed by atoms with Gasteiger partial charge in [0.2, 0.25) is 0 Å². The Labute approximate surface area is 94.3 Å². The van der Waals surface area contributed by atoms with E-state index in [0.717, 1.165) is 23.3 Å². The van der Waals surface area contributed by atoms with Crippen LogP contribution in [0.4, 0.5) is 5.69 Å². The Morgan fingerprint density at radius 1 is 1.47 bits per heavy atom. The number of rotatable bonds is 3. The van der Waals surface area contributed by atoms with Crippen LogP contribution in [0.25, 0.3) is 5.69 Å². The van der Waals surface area contributed by atoms with Gasteiger partial charge in [-0.1, -0.05) is 0 Å². The third-order valence-corrected chi connectivity index (χ3v) is 2.06. The number of hydrogen-bond acceptors (Lipinski definition) is 5. The van der Waals surface area contributed by atoms with E-state index in [1.54, 1.807) is 0 Å². The summed E-state index contributed by atoms with van der Waals surface area (Å²) in [5, 5.41) is 23.2. The Morgan fingerprint density at radius 3 is 2.82 bits per heavy atom. The van der Waals surface area contributed by atoms with E-state index >= 15 is 0 Å². The summed E-state index contributed by atoms with van der Waals surface area (Å²) in [6.07, 6.45) is 4.73. The van der Waals surface area contributed by atoms with Crippen LogP contribution in [0.5, 0.6) is 0 Å². The molecule has 0 amide bonds. The monoisotopic (exact) mass is 234 g/mol. The van der Waals surface area contributed by atoms with Gasteiger partial charge < -0.3 is 5.11 Å². The summed E-state index contributed by atoms with van der Waals surface area (Å²) in [5.74, 6) is -1.17. The van der Waals surface area contributed by atoms with Gasteiger partial charge in [0.25, 0.3) is 0 Å². The Bertz CT molecular complexity index is 592. The highest BCUT2D eigenvalue weighted by atomic mass is 16.6. The lowest BCUT2D eigenvalue weighted by molar-refractivity contribution is -0.384. The van der Waals surface area contributed by atoms with E-state index in [4.69, 9.17) is 5.11 Å². The van der Waals surface area contributed by atoms with Gasteiger partial charge in [0.15, 0.2) is 0 Å². The molecule has 0 bridgehead atoms. The summed E-state index contributed by atoms with van der Waals surface area (Å²) in [6, 6.07) is 1.42. The zero-order valence-electron chi connectivity index (χ0n) is 8.35. The normalized spacial score (nSPS) is 10.1. The van der Waals surface area contributed by atoms with E-state index in [1.165, 1.54) is 12.3 Å². The molecule has 0 aliphatic heterocycles. The summed E-state index contributed by atoms with van der Waals surface area (Å²) < 4.78 is 1.13. The smallest absolute Gasteiger partial charge is 0.339 e. The Hall–Kier alpha value is -2.77. The molecule has 0 radical (unpaired) electrons. The van der Waals surface area contributed by atoms with Gasteiger partial charge in [0.05, 0.1) is 10.6 Å². The van der Waals surface area contributed by atoms with Crippen molar-refractivity contribution in [2.75, 3.05) is 0 Å². The number of aromatic carboxylic acids is 1. The van der Waals surface area contributed by atoms with Gasteiger partial charge in [-0.25, -0.2) is 9.48 Å². The summed E-state index contributed by atoms with van der Waals surface area (Å²) >= 11 is 0. The fraction of sp³-hybridized carbons (Fsp3) is 0. The quantitative estimate of drug-likeness (QED) is 0.623. The van der Waals surface area contributed by atoms with Gasteiger partial charge in [-0.15, -0.1) is 0 Å². The molecule has 0 unspecified atom stereocenters. The van der Waals surface area contributed by atoms with Crippen molar-refractivity contribution in [3.05, 3.63) is 46.5 Å². The predicted molar refractivity (Wildman–Crippen MR) is 55.0 cm³/mol. The van der Waals surface area contributed by atoms with Crippen molar-refractivity contribution in [2.24, 2.45) is 0 Å². The molecule has 86 valence electrons. The highest BCUT2D eigenvalue weighted by Crippen LogP contribution is 2.16. The molecule has 0 saturated heterocycles. The van der Waals surface area contributed by atoms with E-state index in [0.29, 0.717) is 0 Å². The molecular formula is C9H6N4O4. The largest absolute Gasteiger partial charge is 0.478 e. The predicted octanol–water partition coefficient (Wildman–Crippen LogP) is 0.874. The maximum Gasteiger partial charge on any atom is 0.339 e. The minimum Gasteiger partial charge on any atom is -0.478 e. The lowest BCUT2D eigenvalue weighted by atomic mass is 10.2. The van der Waals surface area contributed by atoms with Gasteiger partial charge in [-0.3, -0.25) is 15.1 Å². The molecule has 2 rings (SSSR count). The van der Waals surface area contributed by atoms with Crippen molar-refractivity contribution in [2.45, 2.75) is 0 Å². The molecule has 0 aromatic carbocycles. The summed E-state index contributed by atoms with van der Waals surface area (Å²) in [6.45, 7) is 0. The zero-order valence-corrected chi connectivity index (χ0v) is 8.35. The van der Waals surface area contributed by atoms with Crippen molar-refractivity contribution in [1.82, 2.24) is 14.8 Å². The van der Waals surface area contributed by atoms with Crippen molar-refractivity contribution < 1.29 is 14.8 Å². The minimum absolute atomic E-state index is 0.0782. The zero-order chi connectivity index (χ0) is 12.4. The molecule has 1 N–H and O–H groups in total. The Balaban J connectivity index is 2.52. The van der Waals surface area contributed by atoms with E-state index in [-0.39, 0.29) is 16.9 Å². The Kier molecular flexibility index (Phi) is 2.53. The second kappa shape index (κ2) is 4.00. The molecular weight excluding hydrogens is 228 g/mol. The van der Waals surface area contributed by atoms with Crippen LogP contribution in [0.3, 0.4) is 0 Å². The number of hydrogen-bond donors (Lipinski definition) is 1. The fourth-order valence-corrected chi connectivity index (χ4v) is 1.29. The summed E-state index contributed by atoms with van der Waals surface area (Å²) in [5.41, 5.74) is -0.0655. The molecule has 0 saturated carbocycles. The number of carboxylic acids is 1. The van der Waals surface area contributed by atoms with Crippen LogP contribution in [0.15, 0.2) is 30.9 Å². The molecule has 8 nitrogen and oxygen atoms in total. The van der Waals surface area contributed by atoms with E-state index in [2.05, 4.69) is 10.1 Å². The second-order valence-corrected chi connectivity index (χ2v) is 3.10. The molecule has 0 spiro atoms. The number of nitrogens with zero attached hydrogens (tertiary/aromatic N) is 4. The van der Waals surface area contributed by atoms with Crippen molar-refractivity contribution in [3.63, 3.8) is 0 Å². The SMILES string of the molecule is O=C(O)c1cnccc1-n1cc([N+](=O)[O-])cn1. The molecule has 0 fully saturated rings. The molecule has 2 heterocycles. The van der Waals surface area contributed by atoms with Gasteiger partial charge in [0.1, 0.15) is 18.0 Å². The van der Waals surface area contributed by atoms with Gasteiger partial charge in [0, 0.05) is 12.4 Å². The first-order valence-electron chi connectivity index (χ1n) is 4.46. The van der Waals surface area contributed by atoms with Crippen LogP contribution in [-0.4, -0.2) is 30.8 Å². The van der Waals surface area contributed by atoms with Crippen LogP contribution >= 0.6 is 0 Å². The third-order valence-electron chi connectivity index (χ3n) is 2.06. The average Bonchev–Trinajstić information content (AvgIpc) is 2.78. The number of carbonyl (C=O) groups is 1. The van der Waals surface area contributed by atoms with Crippen LogP contribution in [-0.2, 0) is 0 Å². The highest BCUT2D eigenvalue weighted by Gasteiger charge is 2.15. The standard InChI is InChI=1S/C9H6N4O4/c14-9(15)7-4-10-2-1-8(7)12-5-6(3-11-12)13(16)17/h1-5H,(H,14,15). The van der Waals surface area contributed by atoms with Crippen molar-refractivity contribution in [3.8, 4) is 5.69 Å². The Morgan fingerprint density at radius 2 is 2.24 bits per heavy atom. The summed E-state index contributed by atoms with van der Waals surface area (Å²) in [7, 11) is 0. The molecule has 17 heavy (non-hydrogen) atoms. The van der Waals surface area contributed by atoms with Crippen LogP contribution in [0.2, 0.25) is 0 Å². The molecule has 8 heteroatoms. The minimum atomic E-state index is -1.17. The molecule has 0 aliphatic rings. The van der Waals surface area contributed by atoms with Crippen molar-refractivity contribution in [1.29, 1.82) is 0 Å². The lowest BCUT2D eigenvalue weighted by Gasteiger charge is -2.03. The highest BCUT2D eigenvalue weighted by molar-refractivity contribution is 5.91. The number of nitro groups is 1. The number of carboxylic acid groups (broad SMARTS) is 1. The first-order valence-corrected chi connectivity index (χ1v) is 4.46. The fourth-order valence-electron chi connectivity index (χ4n) is 1.29. The topological polar surface area (TPSA) is 111 Å². The molecule has 0 atom stereocenters. The van der Waals surface area contributed by atoms with Crippen LogP contribution < -0.4 is 0 Å². The van der Waals surface area contributed by atoms with Crippen molar-refractivity contribution >= 4 is 11.7 Å². The summed E-state index contributed by atoms with van der Waals surface area (Å²) in [4.78, 5) is 24.5. The third kappa shape index (κ3) is 1.95. The second-order valence-electron chi connectivity index (χ2n) is 3.10. The van der Waals surface area contributed by atoms with Gasteiger partial charge in [-0.05, 0) is 6.07 Å². The van der Waals surface area contributed by atoms with E-state index in [9.17, 15) is 14.9 Å². The number of aromatic nitrogens is 3. The maximum atomic E-state index is 10.9. The average molecular weight is 234 g/mol. The van der Waals surface area contributed by atoms with Crippen LogP contribution in [0, 0.1) is 10.1 Å². The first kappa shape index (κ1) is 10.7. The van der Waals surface area contributed by atoms with E-state index in [1.807, 2.05) is 0 Å². The number of pyridine rings is 1. The maximum absolute atomic E-state index is 10.9. The van der Waals surface area contributed by atoms with E-state index < -0.39 is 10.9 Å². The first-order chi connectivity index (χ1) is 8.09. The molecule has 2 aromatic heterocycles.